The summed E-state index contributed by atoms with van der Waals surface area (Å²) < 4.78 is 10.8. The number of ether oxygens (including phenoxy) is 2. The average Bonchev–Trinajstić information content (AvgIpc) is 3.29. The molecule has 4 rings (SSSR count). The van der Waals surface area contributed by atoms with Gasteiger partial charge in [0.2, 0.25) is 11.8 Å². The Morgan fingerprint density at radius 2 is 1.87 bits per heavy atom. The number of carbonyl (C=O) groups excluding carboxylic acids is 5. The van der Waals surface area contributed by atoms with Gasteiger partial charge in [-0.2, -0.15) is 0 Å². The Morgan fingerprint density at radius 1 is 1.13 bits per heavy atom. The maximum absolute atomic E-state index is 13.1. The molecular formula is C21H21N3O7. The maximum atomic E-state index is 13.1. The van der Waals surface area contributed by atoms with Crippen LogP contribution in [0.1, 0.15) is 19.3 Å². The number of para-hydroxylation sites is 1. The third-order valence-electron chi connectivity index (χ3n) is 5.55. The number of esters is 1. The standard InChI is InChI=1S/C21H21N3O7/c1-30-21(29)16-9-13(31-12-5-3-2-4-6-12)11-23(16)15-10-18(26)24(20(15)28)14-7-8-17(25)22-19(14)27/h2-6,10,13-14,16H,7-9,11H2,1H3,(H,22,25,27)/t13-,14?,16-/m0/s1. The molecule has 3 aliphatic heterocycles. The number of nitrogens with one attached hydrogen (secondary N) is 1. The highest BCUT2D eigenvalue weighted by molar-refractivity contribution is 6.18. The summed E-state index contributed by atoms with van der Waals surface area (Å²) in [5.41, 5.74) is 0.00395. The molecule has 0 bridgehead atoms. The van der Waals surface area contributed by atoms with Gasteiger partial charge in [0.25, 0.3) is 11.8 Å². The molecule has 10 nitrogen and oxygen atoms in total. The first-order valence-electron chi connectivity index (χ1n) is 9.88. The van der Waals surface area contributed by atoms with Gasteiger partial charge in [-0.1, -0.05) is 18.2 Å². The Morgan fingerprint density at radius 3 is 2.55 bits per heavy atom. The molecule has 0 spiro atoms. The Kier molecular flexibility index (Phi) is 5.45. The van der Waals surface area contributed by atoms with E-state index in [1.54, 1.807) is 12.1 Å². The number of carbonyl (C=O) groups is 5. The molecule has 2 saturated heterocycles. The van der Waals surface area contributed by atoms with Crippen LogP contribution in [0.25, 0.3) is 0 Å². The normalized spacial score (nSPS) is 26.1. The molecule has 1 aromatic rings. The van der Waals surface area contributed by atoms with Crippen molar-refractivity contribution in [2.24, 2.45) is 0 Å². The van der Waals surface area contributed by atoms with E-state index in [4.69, 9.17) is 9.47 Å². The number of amides is 4. The van der Waals surface area contributed by atoms with Gasteiger partial charge in [-0.3, -0.25) is 29.4 Å². The third-order valence-corrected chi connectivity index (χ3v) is 5.55. The summed E-state index contributed by atoms with van der Waals surface area (Å²) in [6.45, 7) is 0.183. The van der Waals surface area contributed by atoms with Crippen LogP contribution < -0.4 is 10.1 Å². The van der Waals surface area contributed by atoms with Crippen LogP contribution in [-0.4, -0.2) is 71.2 Å². The van der Waals surface area contributed by atoms with Crippen LogP contribution in [-0.2, 0) is 28.7 Å². The SMILES string of the molecule is COC(=O)[C@@H]1C[C@H](Oc2ccccc2)CN1C1=CC(=O)N(C2CCC(=O)NC2=O)C1=O. The monoisotopic (exact) mass is 427 g/mol. The van der Waals surface area contributed by atoms with Crippen LogP contribution in [0.4, 0.5) is 0 Å². The molecule has 0 aromatic heterocycles. The molecule has 31 heavy (non-hydrogen) atoms. The molecule has 4 amide bonds. The minimum atomic E-state index is -1.07. The van der Waals surface area contributed by atoms with Gasteiger partial charge >= 0.3 is 5.97 Å². The van der Waals surface area contributed by atoms with Crippen LogP contribution in [0.5, 0.6) is 5.75 Å². The van der Waals surface area contributed by atoms with E-state index in [1.165, 1.54) is 12.0 Å². The lowest BCUT2D eigenvalue weighted by atomic mass is 10.0. The summed E-state index contributed by atoms with van der Waals surface area (Å²) in [7, 11) is 1.25. The van der Waals surface area contributed by atoms with Crippen LogP contribution in [0.2, 0.25) is 0 Å². The van der Waals surface area contributed by atoms with Crippen LogP contribution in [0.15, 0.2) is 42.1 Å². The Hall–Kier alpha value is -3.69. The molecule has 0 saturated carbocycles. The molecule has 2 fully saturated rings. The number of benzene rings is 1. The van der Waals surface area contributed by atoms with Crippen molar-refractivity contribution in [2.75, 3.05) is 13.7 Å². The largest absolute Gasteiger partial charge is 0.488 e. The smallest absolute Gasteiger partial charge is 0.328 e. The van der Waals surface area contributed by atoms with Gasteiger partial charge in [0, 0.05) is 18.9 Å². The zero-order valence-electron chi connectivity index (χ0n) is 16.8. The predicted octanol–water partition coefficient (Wildman–Crippen LogP) is -0.261. The number of hydrogen-bond donors (Lipinski definition) is 1. The van der Waals surface area contributed by atoms with Gasteiger partial charge in [-0.15, -0.1) is 0 Å². The van der Waals surface area contributed by atoms with Gasteiger partial charge in [0.05, 0.1) is 13.7 Å². The number of piperidine rings is 1. The Bertz CT molecular complexity index is 974. The summed E-state index contributed by atoms with van der Waals surface area (Å²) >= 11 is 0. The lowest BCUT2D eigenvalue weighted by Crippen LogP contribution is -2.55. The quantitative estimate of drug-likeness (QED) is 0.504. The molecule has 10 heteroatoms. The van der Waals surface area contributed by atoms with Gasteiger partial charge in [-0.05, 0) is 18.6 Å². The van der Waals surface area contributed by atoms with Crippen molar-refractivity contribution in [1.29, 1.82) is 0 Å². The maximum Gasteiger partial charge on any atom is 0.328 e. The molecule has 0 radical (unpaired) electrons. The fourth-order valence-electron chi connectivity index (χ4n) is 4.10. The molecule has 1 aromatic carbocycles. The fourth-order valence-corrected chi connectivity index (χ4v) is 4.10. The first-order valence-corrected chi connectivity index (χ1v) is 9.88. The highest BCUT2D eigenvalue weighted by Gasteiger charge is 2.48. The average molecular weight is 427 g/mol. The number of rotatable bonds is 5. The number of imide groups is 2. The van der Waals surface area contributed by atoms with E-state index in [1.807, 2.05) is 18.2 Å². The van der Waals surface area contributed by atoms with Crippen molar-refractivity contribution in [2.45, 2.75) is 37.5 Å². The second-order valence-electron chi connectivity index (χ2n) is 7.49. The van der Waals surface area contributed by atoms with Crippen molar-refractivity contribution < 1.29 is 33.4 Å². The van der Waals surface area contributed by atoms with Gasteiger partial charge in [-0.25, -0.2) is 4.79 Å². The molecule has 3 aliphatic rings. The van der Waals surface area contributed by atoms with Crippen molar-refractivity contribution >= 4 is 29.6 Å². The van der Waals surface area contributed by atoms with Gasteiger partial charge in [0.15, 0.2) is 0 Å². The number of likely N-dealkylation sites (tertiary alicyclic amines) is 1. The molecule has 1 N–H and O–H groups in total. The van der Waals surface area contributed by atoms with E-state index in [0.717, 1.165) is 11.0 Å². The summed E-state index contributed by atoms with van der Waals surface area (Å²) in [4.78, 5) is 64.0. The Balaban J connectivity index is 1.54. The second kappa shape index (κ2) is 8.21. The molecule has 3 heterocycles. The van der Waals surface area contributed by atoms with Crippen LogP contribution in [0.3, 0.4) is 0 Å². The van der Waals surface area contributed by atoms with E-state index in [0.29, 0.717) is 5.75 Å². The van der Waals surface area contributed by atoms with Crippen molar-refractivity contribution in [3.63, 3.8) is 0 Å². The number of nitrogens with zero attached hydrogens (tertiary/aromatic N) is 2. The van der Waals surface area contributed by atoms with Gasteiger partial charge in [0.1, 0.15) is 29.6 Å². The molecule has 1 unspecified atom stereocenters. The van der Waals surface area contributed by atoms with Gasteiger partial charge < -0.3 is 14.4 Å². The molecule has 162 valence electrons. The van der Waals surface area contributed by atoms with Crippen molar-refractivity contribution in [3.8, 4) is 5.75 Å². The van der Waals surface area contributed by atoms with Crippen LogP contribution >= 0.6 is 0 Å². The van der Waals surface area contributed by atoms with E-state index in [9.17, 15) is 24.0 Å². The highest BCUT2D eigenvalue weighted by atomic mass is 16.5. The minimum absolute atomic E-state index is 0.00395. The highest BCUT2D eigenvalue weighted by Crippen LogP contribution is 2.31. The lowest BCUT2D eigenvalue weighted by Gasteiger charge is -2.30. The van der Waals surface area contributed by atoms with E-state index >= 15 is 0 Å². The van der Waals surface area contributed by atoms with E-state index < -0.39 is 47.8 Å². The van der Waals surface area contributed by atoms with E-state index in [2.05, 4.69) is 5.32 Å². The zero-order valence-corrected chi connectivity index (χ0v) is 16.8. The first-order chi connectivity index (χ1) is 14.9. The minimum Gasteiger partial charge on any atom is -0.488 e. The second-order valence-corrected chi connectivity index (χ2v) is 7.49. The summed E-state index contributed by atoms with van der Waals surface area (Å²) in [6, 6.07) is 7.17. The Labute approximate surface area is 177 Å². The van der Waals surface area contributed by atoms with Crippen molar-refractivity contribution in [3.05, 3.63) is 42.1 Å². The molecule has 0 aliphatic carbocycles. The zero-order chi connectivity index (χ0) is 22.1. The lowest BCUT2D eigenvalue weighted by molar-refractivity contribution is -0.150. The summed E-state index contributed by atoms with van der Waals surface area (Å²) in [5, 5.41) is 2.15. The first kappa shape index (κ1) is 20.6. The van der Waals surface area contributed by atoms with E-state index in [-0.39, 0.29) is 31.5 Å². The number of hydrogen-bond acceptors (Lipinski definition) is 8. The van der Waals surface area contributed by atoms with Crippen molar-refractivity contribution in [1.82, 2.24) is 15.1 Å². The molecular weight excluding hydrogens is 406 g/mol. The summed E-state index contributed by atoms with van der Waals surface area (Å²) in [5.74, 6) is -2.42. The predicted molar refractivity (Wildman–Crippen MR) is 104 cm³/mol. The summed E-state index contributed by atoms with van der Waals surface area (Å²) in [6.07, 6.45) is 1.05. The molecule has 3 atom stereocenters. The fraction of sp³-hybridized carbons (Fsp3) is 0.381. The third kappa shape index (κ3) is 3.88. The number of methoxy groups -OCH3 is 1. The van der Waals surface area contributed by atoms with Crippen LogP contribution in [0, 0.1) is 0 Å². The topological polar surface area (TPSA) is 122 Å².